The number of rotatable bonds is 4. The number of fused-ring (bicyclic) bond motifs is 1. The van der Waals surface area contributed by atoms with Crippen LogP contribution in [0, 0.1) is 17.8 Å². The molecule has 0 aromatic carbocycles. The highest BCUT2D eigenvalue weighted by atomic mass is 16.5. The van der Waals surface area contributed by atoms with Gasteiger partial charge in [-0.1, -0.05) is 35.5 Å². The number of cyclic esters (lactones) is 1. The molecule has 1 fully saturated rings. The summed E-state index contributed by atoms with van der Waals surface area (Å²) in [5.41, 5.74) is 3.62. The second-order valence-corrected chi connectivity index (χ2v) is 7.08. The number of aliphatic hydroxyl groups is 1. The predicted octanol–water partition coefficient (Wildman–Crippen LogP) is 4.19. The SMILES string of the molecule is C=C1CC/C=C(\C)CC[C@@H]2[C@H](CC/C=C(\C)CO)C(=O)OC[C@@H]12. The Morgan fingerprint density at radius 2 is 2.26 bits per heavy atom. The Morgan fingerprint density at radius 1 is 1.48 bits per heavy atom. The van der Waals surface area contributed by atoms with Gasteiger partial charge >= 0.3 is 5.97 Å². The van der Waals surface area contributed by atoms with E-state index in [4.69, 9.17) is 9.84 Å². The number of hydrogen-bond donors (Lipinski definition) is 1. The van der Waals surface area contributed by atoms with Crippen molar-refractivity contribution in [2.45, 2.75) is 52.4 Å². The van der Waals surface area contributed by atoms with Gasteiger partial charge in [0.25, 0.3) is 0 Å². The second kappa shape index (κ2) is 8.49. The molecule has 0 unspecified atom stereocenters. The summed E-state index contributed by atoms with van der Waals surface area (Å²) in [6.45, 7) is 8.97. The highest BCUT2D eigenvalue weighted by molar-refractivity contribution is 5.73. The lowest BCUT2D eigenvalue weighted by Crippen LogP contribution is -2.40. The van der Waals surface area contributed by atoms with Gasteiger partial charge in [-0.25, -0.2) is 0 Å². The number of carbonyl (C=O) groups excluding carboxylic acids is 1. The zero-order chi connectivity index (χ0) is 16.8. The van der Waals surface area contributed by atoms with E-state index in [1.807, 2.05) is 13.0 Å². The smallest absolute Gasteiger partial charge is 0.309 e. The van der Waals surface area contributed by atoms with E-state index in [2.05, 4.69) is 19.6 Å². The maximum absolute atomic E-state index is 12.3. The van der Waals surface area contributed by atoms with Crippen LogP contribution in [0.1, 0.15) is 52.4 Å². The Morgan fingerprint density at radius 3 is 3.00 bits per heavy atom. The van der Waals surface area contributed by atoms with Crippen LogP contribution in [0.3, 0.4) is 0 Å². The van der Waals surface area contributed by atoms with Gasteiger partial charge in [-0.05, 0) is 58.3 Å². The van der Waals surface area contributed by atoms with Crippen LogP contribution in [0.15, 0.2) is 35.5 Å². The fourth-order valence-electron chi connectivity index (χ4n) is 3.77. The molecule has 0 amide bonds. The Hall–Kier alpha value is -1.35. The van der Waals surface area contributed by atoms with E-state index in [9.17, 15) is 4.79 Å². The number of esters is 1. The lowest BCUT2D eigenvalue weighted by molar-refractivity contribution is -0.160. The predicted molar refractivity (Wildman–Crippen MR) is 92.9 cm³/mol. The zero-order valence-corrected chi connectivity index (χ0v) is 14.5. The molecule has 1 aliphatic heterocycles. The van der Waals surface area contributed by atoms with E-state index in [-0.39, 0.29) is 18.5 Å². The second-order valence-electron chi connectivity index (χ2n) is 7.08. The van der Waals surface area contributed by atoms with E-state index in [0.717, 1.165) is 44.1 Å². The van der Waals surface area contributed by atoms with Crippen LogP contribution < -0.4 is 0 Å². The molecule has 128 valence electrons. The lowest BCUT2D eigenvalue weighted by atomic mass is 9.72. The molecule has 0 aromatic heterocycles. The molecule has 1 saturated heterocycles. The fraction of sp³-hybridized carbons (Fsp3) is 0.650. The minimum Gasteiger partial charge on any atom is -0.465 e. The molecule has 1 N–H and O–H groups in total. The average Bonchev–Trinajstić information content (AvgIpc) is 2.60. The van der Waals surface area contributed by atoms with E-state index >= 15 is 0 Å². The van der Waals surface area contributed by atoms with Crippen molar-refractivity contribution in [3.05, 3.63) is 35.5 Å². The van der Waals surface area contributed by atoms with Gasteiger partial charge in [0.05, 0.1) is 19.1 Å². The Labute approximate surface area is 140 Å². The number of hydrogen-bond acceptors (Lipinski definition) is 3. The molecule has 2 rings (SSSR count). The Bertz CT molecular complexity index is 501. The first-order valence-corrected chi connectivity index (χ1v) is 8.79. The van der Waals surface area contributed by atoms with Crippen molar-refractivity contribution in [1.29, 1.82) is 0 Å². The van der Waals surface area contributed by atoms with Gasteiger partial charge in [0, 0.05) is 5.92 Å². The van der Waals surface area contributed by atoms with Crippen LogP contribution in [-0.2, 0) is 9.53 Å². The van der Waals surface area contributed by atoms with Crippen LogP contribution in [0.25, 0.3) is 0 Å². The van der Waals surface area contributed by atoms with Crippen LogP contribution in [0.2, 0.25) is 0 Å². The van der Waals surface area contributed by atoms with Gasteiger partial charge in [0.1, 0.15) is 0 Å². The largest absolute Gasteiger partial charge is 0.465 e. The summed E-state index contributed by atoms with van der Waals surface area (Å²) >= 11 is 0. The van der Waals surface area contributed by atoms with Gasteiger partial charge in [-0.3, -0.25) is 4.79 Å². The summed E-state index contributed by atoms with van der Waals surface area (Å²) in [5, 5.41) is 9.10. The quantitative estimate of drug-likeness (QED) is 0.624. The van der Waals surface area contributed by atoms with Crippen molar-refractivity contribution in [2.75, 3.05) is 13.2 Å². The number of carbonyl (C=O) groups is 1. The van der Waals surface area contributed by atoms with Crippen molar-refractivity contribution in [3.8, 4) is 0 Å². The van der Waals surface area contributed by atoms with Crippen molar-refractivity contribution in [3.63, 3.8) is 0 Å². The van der Waals surface area contributed by atoms with Crippen LogP contribution in [-0.4, -0.2) is 24.3 Å². The minimum absolute atomic E-state index is 0.0425. The van der Waals surface area contributed by atoms with E-state index in [1.165, 1.54) is 11.1 Å². The minimum atomic E-state index is -0.0463. The molecule has 1 aliphatic carbocycles. The summed E-state index contributed by atoms with van der Waals surface area (Å²) in [5.74, 6) is 0.557. The third-order valence-electron chi connectivity index (χ3n) is 5.32. The molecule has 1 heterocycles. The fourth-order valence-corrected chi connectivity index (χ4v) is 3.77. The van der Waals surface area contributed by atoms with Gasteiger partial charge < -0.3 is 9.84 Å². The van der Waals surface area contributed by atoms with Crippen LogP contribution >= 0.6 is 0 Å². The summed E-state index contributed by atoms with van der Waals surface area (Å²) in [4.78, 5) is 12.3. The summed E-state index contributed by atoms with van der Waals surface area (Å²) < 4.78 is 5.49. The highest BCUT2D eigenvalue weighted by Crippen LogP contribution is 2.40. The maximum atomic E-state index is 12.3. The van der Waals surface area contributed by atoms with Crippen LogP contribution in [0.5, 0.6) is 0 Å². The molecule has 0 aromatic rings. The number of ether oxygens (including phenoxy) is 1. The van der Waals surface area contributed by atoms with Gasteiger partial charge in [-0.15, -0.1) is 0 Å². The Balaban J connectivity index is 2.12. The van der Waals surface area contributed by atoms with Crippen molar-refractivity contribution in [1.82, 2.24) is 0 Å². The number of allylic oxidation sites excluding steroid dienone is 3. The molecule has 3 nitrogen and oxygen atoms in total. The number of aliphatic hydroxyl groups excluding tert-OH is 1. The van der Waals surface area contributed by atoms with E-state index in [0.29, 0.717) is 18.4 Å². The summed E-state index contributed by atoms with van der Waals surface area (Å²) in [6, 6.07) is 0. The summed E-state index contributed by atoms with van der Waals surface area (Å²) in [6.07, 6.45) is 10.1. The molecule has 0 bridgehead atoms. The van der Waals surface area contributed by atoms with Crippen molar-refractivity contribution in [2.24, 2.45) is 17.8 Å². The first kappa shape index (κ1) is 18.0. The molecule has 0 saturated carbocycles. The first-order valence-electron chi connectivity index (χ1n) is 8.79. The Kier molecular flexibility index (Phi) is 6.64. The monoisotopic (exact) mass is 318 g/mol. The third-order valence-corrected chi connectivity index (χ3v) is 5.32. The average molecular weight is 318 g/mol. The normalized spacial score (nSPS) is 32.0. The molecule has 0 spiro atoms. The molecule has 0 radical (unpaired) electrons. The highest BCUT2D eigenvalue weighted by Gasteiger charge is 2.40. The van der Waals surface area contributed by atoms with Crippen molar-refractivity contribution < 1.29 is 14.6 Å². The third kappa shape index (κ3) is 4.81. The van der Waals surface area contributed by atoms with E-state index < -0.39 is 0 Å². The zero-order valence-electron chi connectivity index (χ0n) is 14.5. The van der Waals surface area contributed by atoms with Crippen molar-refractivity contribution >= 4 is 5.97 Å². The molecule has 3 atom stereocenters. The van der Waals surface area contributed by atoms with Gasteiger partial charge in [-0.2, -0.15) is 0 Å². The molecule has 2 aliphatic rings. The standard InChI is InChI=1S/C20H30O3/c1-14-6-4-8-16(3)19-13-23-20(22)18(17(19)11-10-14)9-5-7-15(2)12-21/h6-7,17-19,21H,3-5,8-13H2,1-2H3/b14-6+,15-7+/t17-,18+,19+/m1/s1. The van der Waals surface area contributed by atoms with Gasteiger partial charge in [0.15, 0.2) is 0 Å². The first-order chi connectivity index (χ1) is 11.0. The van der Waals surface area contributed by atoms with E-state index in [1.54, 1.807) is 0 Å². The maximum Gasteiger partial charge on any atom is 0.309 e. The molecular weight excluding hydrogens is 288 g/mol. The summed E-state index contributed by atoms with van der Waals surface area (Å²) in [7, 11) is 0. The van der Waals surface area contributed by atoms with Gasteiger partial charge in [0.2, 0.25) is 0 Å². The topological polar surface area (TPSA) is 46.5 Å². The molecule has 23 heavy (non-hydrogen) atoms. The molecular formula is C20H30O3. The lowest BCUT2D eigenvalue weighted by Gasteiger charge is -2.38. The van der Waals surface area contributed by atoms with Crippen LogP contribution in [0.4, 0.5) is 0 Å². The molecule has 3 heteroatoms.